The Bertz CT molecular complexity index is 2190. The molecule has 0 spiro atoms. The first-order chi connectivity index (χ1) is 20.1. The number of aromatic nitrogens is 2. The smallest absolute Gasteiger partial charge is 0.137 e. The van der Waals surface area contributed by atoms with Crippen LogP contribution in [-0.4, -0.2) is 9.38 Å². The van der Waals surface area contributed by atoms with Crippen LogP contribution in [0.5, 0.6) is 11.5 Å². The highest BCUT2D eigenvalue weighted by Gasteiger charge is 2.36. The molecule has 0 fully saturated rings. The Morgan fingerprint density at radius 3 is 2.20 bits per heavy atom. The van der Waals surface area contributed by atoms with E-state index in [4.69, 9.17) is 9.72 Å². The van der Waals surface area contributed by atoms with E-state index < -0.39 is 0 Å². The number of hydrogen-bond donors (Lipinski definition) is 0. The van der Waals surface area contributed by atoms with Crippen LogP contribution in [0.4, 0.5) is 0 Å². The number of para-hydroxylation sites is 1. The molecule has 2 aliphatic rings. The average Bonchev–Trinajstić information content (AvgIpc) is 3.54. The summed E-state index contributed by atoms with van der Waals surface area (Å²) in [5.74, 6) is 1.84. The van der Waals surface area contributed by atoms with E-state index in [9.17, 15) is 0 Å². The van der Waals surface area contributed by atoms with Crippen LogP contribution in [0.1, 0.15) is 25.0 Å². The fraction of sp³-hybridized carbons (Fsp3) is 0.0789. The van der Waals surface area contributed by atoms with Crippen LogP contribution < -0.4 is 4.74 Å². The molecule has 0 bridgehead atoms. The summed E-state index contributed by atoms with van der Waals surface area (Å²) in [7, 11) is 0. The topological polar surface area (TPSA) is 26.5 Å². The standard InChI is InChI=1S/C38H26N2O/c1-38(2)31-20-23(25-17-18-35-37-29(25)9-7-10-30(37)28-8-3-4-11-34(28)41-35)13-15-26(31)27-16-14-24(21-32(27)38)33-22-40-19-6-5-12-36(40)39-33/h3-22H,1-2H3. The van der Waals surface area contributed by atoms with Gasteiger partial charge in [-0.2, -0.15) is 0 Å². The molecule has 3 heteroatoms. The van der Waals surface area contributed by atoms with Gasteiger partial charge >= 0.3 is 0 Å². The van der Waals surface area contributed by atoms with Crippen LogP contribution in [0.25, 0.3) is 61.1 Å². The van der Waals surface area contributed by atoms with E-state index in [0.29, 0.717) is 0 Å². The van der Waals surface area contributed by atoms with Crippen molar-refractivity contribution in [2.45, 2.75) is 19.3 Å². The monoisotopic (exact) mass is 526 g/mol. The minimum atomic E-state index is -0.135. The first kappa shape index (κ1) is 22.6. The molecule has 3 nitrogen and oxygen atoms in total. The van der Waals surface area contributed by atoms with Gasteiger partial charge in [0.25, 0.3) is 0 Å². The number of nitrogens with zero attached hydrogens (tertiary/aromatic N) is 2. The van der Waals surface area contributed by atoms with Crippen LogP contribution >= 0.6 is 0 Å². The largest absolute Gasteiger partial charge is 0.456 e. The average molecular weight is 527 g/mol. The molecule has 5 aromatic carbocycles. The van der Waals surface area contributed by atoms with E-state index in [1.165, 1.54) is 49.7 Å². The second-order valence-corrected chi connectivity index (χ2v) is 11.7. The Balaban J connectivity index is 1.17. The van der Waals surface area contributed by atoms with Crippen LogP contribution in [-0.2, 0) is 5.41 Å². The van der Waals surface area contributed by atoms with Gasteiger partial charge in [-0.05, 0) is 80.7 Å². The van der Waals surface area contributed by atoms with Gasteiger partial charge in [0, 0.05) is 34.3 Å². The maximum Gasteiger partial charge on any atom is 0.137 e. The summed E-state index contributed by atoms with van der Waals surface area (Å²) in [6, 6.07) is 39.2. The molecular weight excluding hydrogens is 500 g/mol. The summed E-state index contributed by atoms with van der Waals surface area (Å²) in [6.45, 7) is 4.69. The fourth-order valence-corrected chi connectivity index (χ4v) is 6.97. The molecule has 3 heterocycles. The van der Waals surface area contributed by atoms with Gasteiger partial charge in [-0.1, -0.05) is 86.6 Å². The lowest BCUT2D eigenvalue weighted by Gasteiger charge is -2.24. The number of fused-ring (bicyclic) bond motifs is 6. The first-order valence-electron chi connectivity index (χ1n) is 14.1. The lowest BCUT2D eigenvalue weighted by atomic mass is 9.80. The zero-order valence-electron chi connectivity index (χ0n) is 22.8. The maximum absolute atomic E-state index is 6.35. The highest BCUT2D eigenvalue weighted by Crippen LogP contribution is 2.52. The number of imidazole rings is 1. The molecule has 194 valence electrons. The molecule has 0 saturated carbocycles. The molecule has 1 aliphatic carbocycles. The zero-order valence-corrected chi connectivity index (χ0v) is 22.8. The van der Waals surface area contributed by atoms with Crippen LogP contribution in [0.15, 0.2) is 122 Å². The molecule has 0 saturated heterocycles. The summed E-state index contributed by atoms with van der Waals surface area (Å²) in [5, 5.41) is 2.40. The summed E-state index contributed by atoms with van der Waals surface area (Å²) in [4.78, 5) is 4.88. The number of rotatable bonds is 2. The summed E-state index contributed by atoms with van der Waals surface area (Å²) < 4.78 is 8.43. The Kier molecular flexibility index (Phi) is 4.39. The molecule has 41 heavy (non-hydrogen) atoms. The van der Waals surface area contributed by atoms with Crippen LogP contribution in [0.2, 0.25) is 0 Å². The maximum atomic E-state index is 6.35. The highest BCUT2D eigenvalue weighted by molar-refractivity contribution is 6.10. The molecule has 0 atom stereocenters. The summed E-state index contributed by atoms with van der Waals surface area (Å²) in [6.07, 6.45) is 4.16. The highest BCUT2D eigenvalue weighted by atomic mass is 16.5. The van der Waals surface area contributed by atoms with E-state index in [1.807, 2.05) is 36.5 Å². The number of benzene rings is 5. The van der Waals surface area contributed by atoms with Gasteiger partial charge in [-0.25, -0.2) is 4.98 Å². The van der Waals surface area contributed by atoms with Crippen molar-refractivity contribution in [1.82, 2.24) is 9.38 Å². The Labute approximate surface area is 238 Å². The quantitative estimate of drug-likeness (QED) is 0.224. The van der Waals surface area contributed by atoms with Crippen molar-refractivity contribution in [2.24, 2.45) is 0 Å². The molecule has 2 aromatic heterocycles. The second-order valence-electron chi connectivity index (χ2n) is 11.7. The van der Waals surface area contributed by atoms with Gasteiger partial charge in [-0.15, -0.1) is 0 Å². The Morgan fingerprint density at radius 1 is 0.610 bits per heavy atom. The van der Waals surface area contributed by atoms with Gasteiger partial charge in [0.1, 0.15) is 17.1 Å². The van der Waals surface area contributed by atoms with Crippen LogP contribution in [0.3, 0.4) is 0 Å². The van der Waals surface area contributed by atoms with E-state index in [0.717, 1.165) is 34.0 Å². The van der Waals surface area contributed by atoms with Gasteiger partial charge < -0.3 is 9.14 Å². The molecule has 0 N–H and O–H groups in total. The summed E-state index contributed by atoms with van der Waals surface area (Å²) >= 11 is 0. The molecule has 1 aliphatic heterocycles. The van der Waals surface area contributed by atoms with Crippen molar-refractivity contribution < 1.29 is 4.74 Å². The fourth-order valence-electron chi connectivity index (χ4n) is 6.97. The minimum Gasteiger partial charge on any atom is -0.456 e. The SMILES string of the molecule is CC1(C)c2cc(-c3cn4ccccc4n3)ccc2-c2ccc(-c3ccc4c5c(cccc35)-c3ccccc3O4)cc21. The van der Waals surface area contributed by atoms with E-state index >= 15 is 0 Å². The predicted octanol–water partition coefficient (Wildman–Crippen LogP) is 9.90. The van der Waals surface area contributed by atoms with Crippen molar-refractivity contribution in [2.75, 3.05) is 0 Å². The van der Waals surface area contributed by atoms with E-state index in [2.05, 4.69) is 103 Å². The van der Waals surface area contributed by atoms with E-state index in [-0.39, 0.29) is 5.41 Å². The lowest BCUT2D eigenvalue weighted by molar-refractivity contribution is 0.487. The second kappa shape index (κ2) is 7.96. The van der Waals surface area contributed by atoms with Gasteiger partial charge in [0.15, 0.2) is 0 Å². The Morgan fingerprint density at radius 2 is 1.34 bits per heavy atom. The van der Waals surface area contributed by atoms with Gasteiger partial charge in [-0.3, -0.25) is 0 Å². The van der Waals surface area contributed by atoms with Crippen LogP contribution in [0, 0.1) is 0 Å². The molecule has 0 radical (unpaired) electrons. The van der Waals surface area contributed by atoms with Crippen molar-refractivity contribution in [1.29, 1.82) is 0 Å². The predicted molar refractivity (Wildman–Crippen MR) is 167 cm³/mol. The molecule has 9 rings (SSSR count). The third-order valence-electron chi connectivity index (χ3n) is 9.05. The number of ether oxygens (including phenoxy) is 1. The van der Waals surface area contributed by atoms with E-state index in [1.54, 1.807) is 0 Å². The summed E-state index contributed by atoms with van der Waals surface area (Å²) in [5.41, 5.74) is 13.2. The van der Waals surface area contributed by atoms with Crippen molar-refractivity contribution in [3.05, 3.63) is 133 Å². The minimum absolute atomic E-state index is 0.135. The molecule has 0 unspecified atom stereocenters. The van der Waals surface area contributed by atoms with Crippen molar-refractivity contribution in [3.63, 3.8) is 0 Å². The normalized spacial score (nSPS) is 14.0. The van der Waals surface area contributed by atoms with Crippen molar-refractivity contribution in [3.8, 4) is 56.1 Å². The molecule has 7 aromatic rings. The molecular formula is C38H26N2O. The number of hydrogen-bond acceptors (Lipinski definition) is 2. The van der Waals surface area contributed by atoms with Gasteiger partial charge in [0.2, 0.25) is 0 Å². The first-order valence-corrected chi connectivity index (χ1v) is 14.1. The van der Waals surface area contributed by atoms with Crippen molar-refractivity contribution >= 4 is 16.4 Å². The third-order valence-corrected chi connectivity index (χ3v) is 9.05. The Hall–Kier alpha value is -5.15. The number of pyridine rings is 1. The van der Waals surface area contributed by atoms with Gasteiger partial charge in [0.05, 0.1) is 5.69 Å². The lowest BCUT2D eigenvalue weighted by Crippen LogP contribution is -2.15. The zero-order chi connectivity index (χ0) is 27.3. The third kappa shape index (κ3) is 3.12. The molecule has 0 amide bonds.